The lowest BCUT2D eigenvalue weighted by atomic mass is 10.2. The van der Waals surface area contributed by atoms with Crippen LogP contribution in [-0.4, -0.2) is 42.4 Å². The van der Waals surface area contributed by atoms with Crippen molar-refractivity contribution in [2.24, 2.45) is 0 Å². The van der Waals surface area contributed by atoms with Crippen LogP contribution in [0, 0.1) is 10.1 Å². The molecule has 1 N–H and O–H groups in total. The molecule has 1 rings (SSSR count). The Balaban J connectivity index is 2.72. The molecule has 0 aliphatic rings. The Morgan fingerprint density at radius 1 is 1.35 bits per heavy atom. The van der Waals surface area contributed by atoms with Gasteiger partial charge in [-0.3, -0.25) is 10.1 Å². The summed E-state index contributed by atoms with van der Waals surface area (Å²) in [5.41, 5.74) is 0.410. The highest BCUT2D eigenvalue weighted by Crippen LogP contribution is 2.15. The summed E-state index contributed by atoms with van der Waals surface area (Å²) >= 11 is 0. The summed E-state index contributed by atoms with van der Waals surface area (Å²) in [6.07, 6.45) is -0.206. The number of hydrogen-bond acceptors (Lipinski definition) is 5. The van der Waals surface area contributed by atoms with Gasteiger partial charge >= 0.3 is 0 Å². The number of aliphatic hydroxyl groups is 1. The van der Waals surface area contributed by atoms with Crippen LogP contribution in [0.25, 0.3) is 0 Å². The van der Waals surface area contributed by atoms with Crippen molar-refractivity contribution < 1.29 is 18.4 Å². The average Bonchev–Trinajstić information content (AvgIpc) is 2.35. The van der Waals surface area contributed by atoms with Gasteiger partial charge in [0.25, 0.3) is 5.69 Å². The molecule has 0 aliphatic carbocycles. The molecule has 0 saturated heterocycles. The van der Waals surface area contributed by atoms with E-state index in [1.54, 1.807) is 6.92 Å². The third kappa shape index (κ3) is 4.87. The van der Waals surface area contributed by atoms with Crippen LogP contribution in [0.5, 0.6) is 0 Å². The summed E-state index contributed by atoms with van der Waals surface area (Å²) < 4.78 is 25.3. The number of nitro groups is 1. The highest BCUT2D eigenvalue weighted by molar-refractivity contribution is 7.88. The van der Waals surface area contributed by atoms with Crippen LogP contribution in [0.15, 0.2) is 24.3 Å². The smallest absolute Gasteiger partial charge is 0.269 e. The van der Waals surface area contributed by atoms with Crippen molar-refractivity contribution in [3.8, 4) is 0 Å². The standard InChI is InChI=1S/C12H18N2O5S/c1-10(15)7-8-13(2)20(18,19)9-11-3-5-12(6-4-11)14(16)17/h3-6,10,15H,7-9H2,1-2H3. The van der Waals surface area contributed by atoms with Crippen LogP contribution in [0.2, 0.25) is 0 Å². The molecule has 0 radical (unpaired) electrons. The Hall–Kier alpha value is -1.51. The molecule has 1 unspecified atom stereocenters. The molecule has 0 saturated carbocycles. The van der Waals surface area contributed by atoms with Crippen LogP contribution < -0.4 is 0 Å². The minimum absolute atomic E-state index is 0.0754. The van der Waals surface area contributed by atoms with Gasteiger partial charge in [-0.1, -0.05) is 12.1 Å². The predicted molar refractivity (Wildman–Crippen MR) is 74.6 cm³/mol. The lowest BCUT2D eigenvalue weighted by Crippen LogP contribution is -2.30. The summed E-state index contributed by atoms with van der Waals surface area (Å²) in [7, 11) is -2.04. The first kappa shape index (κ1) is 16.5. The molecule has 1 aromatic carbocycles. The van der Waals surface area contributed by atoms with E-state index in [1.807, 2.05) is 0 Å². The first-order chi connectivity index (χ1) is 9.22. The zero-order valence-corrected chi connectivity index (χ0v) is 12.2. The Kier molecular flexibility index (Phi) is 5.61. The van der Waals surface area contributed by atoms with Gasteiger partial charge in [-0.15, -0.1) is 0 Å². The van der Waals surface area contributed by atoms with Crippen LogP contribution in [0.1, 0.15) is 18.9 Å². The van der Waals surface area contributed by atoms with E-state index in [9.17, 15) is 18.5 Å². The molecule has 112 valence electrons. The average molecular weight is 302 g/mol. The lowest BCUT2D eigenvalue weighted by molar-refractivity contribution is -0.384. The summed E-state index contributed by atoms with van der Waals surface area (Å²) in [6, 6.07) is 5.41. The van der Waals surface area contributed by atoms with Gasteiger partial charge in [-0.05, 0) is 18.9 Å². The van der Waals surface area contributed by atoms with E-state index in [0.717, 1.165) is 0 Å². The molecule has 0 bridgehead atoms. The third-order valence-electron chi connectivity index (χ3n) is 2.83. The van der Waals surface area contributed by atoms with E-state index in [4.69, 9.17) is 5.11 Å². The summed E-state index contributed by atoms with van der Waals surface area (Å²) in [4.78, 5) is 9.98. The fourth-order valence-corrected chi connectivity index (χ4v) is 2.76. The Bertz CT molecular complexity index is 554. The second-order valence-electron chi connectivity index (χ2n) is 4.64. The molecular formula is C12H18N2O5S. The molecule has 0 aromatic heterocycles. The molecule has 1 aromatic rings. The van der Waals surface area contributed by atoms with Crippen molar-refractivity contribution in [3.05, 3.63) is 39.9 Å². The zero-order chi connectivity index (χ0) is 15.3. The number of sulfonamides is 1. The first-order valence-corrected chi connectivity index (χ1v) is 7.68. The molecule has 0 spiro atoms. The van der Waals surface area contributed by atoms with Gasteiger partial charge in [-0.2, -0.15) is 0 Å². The second kappa shape index (κ2) is 6.78. The van der Waals surface area contributed by atoms with Gasteiger partial charge in [-0.25, -0.2) is 12.7 Å². The highest BCUT2D eigenvalue weighted by Gasteiger charge is 2.19. The fraction of sp³-hybridized carbons (Fsp3) is 0.500. The first-order valence-electron chi connectivity index (χ1n) is 6.08. The van der Waals surface area contributed by atoms with E-state index in [-0.39, 0.29) is 18.0 Å². The normalized spacial score (nSPS) is 13.4. The second-order valence-corrected chi connectivity index (χ2v) is 6.71. The minimum atomic E-state index is -3.49. The van der Waals surface area contributed by atoms with Crippen molar-refractivity contribution in [3.63, 3.8) is 0 Å². The highest BCUT2D eigenvalue weighted by atomic mass is 32.2. The quantitative estimate of drug-likeness (QED) is 0.601. The van der Waals surface area contributed by atoms with Crippen LogP contribution in [0.4, 0.5) is 5.69 Å². The molecule has 0 aliphatic heterocycles. The largest absolute Gasteiger partial charge is 0.393 e. The topological polar surface area (TPSA) is 101 Å². The van der Waals surface area contributed by atoms with Gasteiger partial charge in [0.15, 0.2) is 0 Å². The van der Waals surface area contributed by atoms with Crippen LogP contribution >= 0.6 is 0 Å². The van der Waals surface area contributed by atoms with E-state index in [1.165, 1.54) is 35.6 Å². The zero-order valence-electron chi connectivity index (χ0n) is 11.4. The van der Waals surface area contributed by atoms with Crippen molar-refractivity contribution in [2.75, 3.05) is 13.6 Å². The minimum Gasteiger partial charge on any atom is -0.393 e. The van der Waals surface area contributed by atoms with Gasteiger partial charge in [0, 0.05) is 25.7 Å². The molecule has 20 heavy (non-hydrogen) atoms. The van der Waals surface area contributed by atoms with Crippen LogP contribution in [-0.2, 0) is 15.8 Å². The number of hydrogen-bond donors (Lipinski definition) is 1. The number of rotatable bonds is 7. The molecule has 7 nitrogen and oxygen atoms in total. The van der Waals surface area contributed by atoms with Crippen LogP contribution in [0.3, 0.4) is 0 Å². The van der Waals surface area contributed by atoms with Gasteiger partial charge in [0.05, 0.1) is 16.8 Å². The molecule has 8 heteroatoms. The van der Waals surface area contributed by atoms with Gasteiger partial charge in [0.1, 0.15) is 0 Å². The Morgan fingerprint density at radius 2 is 1.90 bits per heavy atom. The monoisotopic (exact) mass is 302 g/mol. The maximum absolute atomic E-state index is 12.0. The fourth-order valence-electron chi connectivity index (χ4n) is 1.54. The SMILES string of the molecule is CC(O)CCN(C)S(=O)(=O)Cc1ccc([N+](=O)[O-])cc1. The number of aliphatic hydroxyl groups excluding tert-OH is 1. The van der Waals surface area contributed by atoms with Crippen molar-refractivity contribution >= 4 is 15.7 Å². The summed E-state index contributed by atoms with van der Waals surface area (Å²) in [5, 5.41) is 19.7. The number of benzene rings is 1. The van der Waals surface area contributed by atoms with Crippen molar-refractivity contribution in [1.82, 2.24) is 4.31 Å². The summed E-state index contributed by atoms with van der Waals surface area (Å²) in [6.45, 7) is 1.82. The molecular weight excluding hydrogens is 284 g/mol. The molecule has 0 fully saturated rings. The maximum Gasteiger partial charge on any atom is 0.269 e. The third-order valence-corrected chi connectivity index (χ3v) is 4.66. The molecule has 0 amide bonds. The summed E-state index contributed by atoms with van der Waals surface area (Å²) in [5.74, 6) is -0.221. The Labute approximate surface area is 118 Å². The number of nitro benzene ring substituents is 1. The number of non-ortho nitro benzene ring substituents is 1. The number of nitrogens with zero attached hydrogens (tertiary/aromatic N) is 2. The molecule has 1 atom stereocenters. The van der Waals surface area contributed by atoms with Gasteiger partial charge < -0.3 is 5.11 Å². The maximum atomic E-state index is 12.0. The van der Waals surface area contributed by atoms with E-state index < -0.39 is 21.1 Å². The van der Waals surface area contributed by atoms with Crippen molar-refractivity contribution in [2.45, 2.75) is 25.2 Å². The van der Waals surface area contributed by atoms with E-state index in [2.05, 4.69) is 0 Å². The molecule has 0 heterocycles. The van der Waals surface area contributed by atoms with Crippen molar-refractivity contribution in [1.29, 1.82) is 0 Å². The predicted octanol–water partition coefficient (Wildman–Crippen LogP) is 1.13. The lowest BCUT2D eigenvalue weighted by Gasteiger charge is -2.17. The van der Waals surface area contributed by atoms with E-state index >= 15 is 0 Å². The Morgan fingerprint density at radius 3 is 2.35 bits per heavy atom. The van der Waals surface area contributed by atoms with E-state index in [0.29, 0.717) is 12.0 Å². The van der Waals surface area contributed by atoms with Gasteiger partial charge in [0.2, 0.25) is 10.0 Å².